The molecule has 0 bridgehead atoms. The van der Waals surface area contributed by atoms with Crippen LogP contribution in [0.1, 0.15) is 45.6 Å². The molecule has 6 N–H and O–H groups in total. The van der Waals surface area contributed by atoms with Gasteiger partial charge in [0.25, 0.3) is 11.8 Å². The van der Waals surface area contributed by atoms with Gasteiger partial charge in [-0.3, -0.25) is 28.9 Å². The molecular weight excluding hydrogens is 610 g/mol. The molecule has 6 atom stereocenters. The minimum absolute atomic E-state index is 0.00839. The number of hydrogen-bond donors (Lipinski definition) is 6. The highest BCUT2D eigenvalue weighted by atomic mass is 16.7. The van der Waals surface area contributed by atoms with Crippen molar-refractivity contribution in [1.82, 2.24) is 10.2 Å². The largest absolute Gasteiger partial charge is 0.479 e. The van der Waals surface area contributed by atoms with Gasteiger partial charge in [-0.05, 0) is 30.0 Å². The van der Waals surface area contributed by atoms with Crippen molar-refractivity contribution in [1.29, 1.82) is 0 Å². The molecule has 16 nitrogen and oxygen atoms in total. The van der Waals surface area contributed by atoms with E-state index >= 15 is 0 Å². The second-order valence-corrected chi connectivity index (χ2v) is 11.2. The van der Waals surface area contributed by atoms with Crippen molar-refractivity contribution in [2.45, 2.75) is 77.3 Å². The average molecular weight is 650 g/mol. The molecule has 1 saturated heterocycles. The number of carbonyl (C=O) groups excluding carboxylic acids is 5. The van der Waals surface area contributed by atoms with Crippen molar-refractivity contribution >= 4 is 41.3 Å². The number of hydrogen-bond acceptors (Lipinski definition) is 12. The van der Waals surface area contributed by atoms with Crippen molar-refractivity contribution in [3.8, 4) is 5.75 Å². The second kappa shape index (κ2) is 16.3. The van der Waals surface area contributed by atoms with Crippen LogP contribution in [0, 0.1) is 11.8 Å². The molecule has 252 valence electrons. The molecular formula is C30H39N3O13. The number of amides is 4. The molecule has 1 unspecified atom stereocenters. The standard InChI is InChI=1S/C30H39N3O13/c1-15(2)16(3)29(43)44-14-17-6-7-19(45-30-26(40)24(38)25(39)27(46-30)28(41)42)18(13-17)32-21(35)10-11-31-20(34)5-4-12-33-22(36)8-9-23(33)37/h6-9,13,15-16,24-27,30,38-40H,4-5,10-12,14H2,1-3H3,(H,31,34)(H,32,35)(H,41,42)/t16?,24-,25+,26-,27-,30+/m0/s1. The first-order valence-electron chi connectivity index (χ1n) is 14.7. The fraction of sp³-hybridized carbons (Fsp3) is 0.533. The summed E-state index contributed by atoms with van der Waals surface area (Å²) in [5.41, 5.74) is 0.452. The number of benzene rings is 1. The number of aliphatic hydroxyl groups excluding tert-OH is 3. The first-order chi connectivity index (χ1) is 21.7. The van der Waals surface area contributed by atoms with Gasteiger partial charge in [-0.1, -0.05) is 26.8 Å². The summed E-state index contributed by atoms with van der Waals surface area (Å²) in [7, 11) is 0. The number of carboxylic acids is 1. The maximum Gasteiger partial charge on any atom is 0.335 e. The topological polar surface area (TPSA) is 238 Å². The Bertz CT molecular complexity index is 1330. The summed E-state index contributed by atoms with van der Waals surface area (Å²) in [6.07, 6.45) is -7.05. The molecule has 2 aliphatic heterocycles. The van der Waals surface area contributed by atoms with Crippen molar-refractivity contribution in [3.63, 3.8) is 0 Å². The number of aliphatic carboxylic acids is 1. The SMILES string of the molecule is CC(C)C(C)C(=O)OCc1ccc(O[C@@H]2O[C@H](C(=O)O)[C@H](O)[C@H](O)[C@@H]2O)c(NC(=O)CCNC(=O)CCCN2C(=O)C=CC2=O)c1. The number of rotatable bonds is 15. The Morgan fingerprint density at radius 1 is 0.957 bits per heavy atom. The average Bonchev–Trinajstić information content (AvgIpc) is 3.32. The van der Waals surface area contributed by atoms with E-state index in [0.29, 0.717) is 5.56 Å². The summed E-state index contributed by atoms with van der Waals surface area (Å²) in [5.74, 6) is -4.36. The highest BCUT2D eigenvalue weighted by Crippen LogP contribution is 2.31. The first-order valence-corrected chi connectivity index (χ1v) is 14.7. The fourth-order valence-corrected chi connectivity index (χ4v) is 4.37. The number of ether oxygens (including phenoxy) is 3. The smallest absolute Gasteiger partial charge is 0.335 e. The zero-order valence-corrected chi connectivity index (χ0v) is 25.6. The highest BCUT2D eigenvalue weighted by molar-refractivity contribution is 6.12. The van der Waals surface area contributed by atoms with Crippen LogP contribution >= 0.6 is 0 Å². The van der Waals surface area contributed by atoms with Gasteiger partial charge in [0, 0.05) is 38.1 Å². The Morgan fingerprint density at radius 2 is 1.63 bits per heavy atom. The van der Waals surface area contributed by atoms with Crippen molar-refractivity contribution < 1.29 is 63.4 Å². The highest BCUT2D eigenvalue weighted by Gasteiger charge is 2.48. The summed E-state index contributed by atoms with van der Waals surface area (Å²) < 4.78 is 16.2. The molecule has 0 saturated carbocycles. The van der Waals surface area contributed by atoms with Gasteiger partial charge in [0.2, 0.25) is 18.1 Å². The monoisotopic (exact) mass is 649 g/mol. The van der Waals surface area contributed by atoms with Crippen LogP contribution < -0.4 is 15.4 Å². The lowest BCUT2D eigenvalue weighted by molar-refractivity contribution is -0.271. The van der Waals surface area contributed by atoms with E-state index in [4.69, 9.17) is 14.2 Å². The van der Waals surface area contributed by atoms with Crippen molar-refractivity contribution in [3.05, 3.63) is 35.9 Å². The molecule has 0 aliphatic carbocycles. The maximum atomic E-state index is 12.8. The summed E-state index contributed by atoms with van der Waals surface area (Å²) in [6.45, 7) is 5.32. The minimum atomic E-state index is -1.94. The van der Waals surface area contributed by atoms with Crippen LogP contribution in [-0.2, 0) is 44.8 Å². The molecule has 2 aliphatic rings. The molecule has 0 spiro atoms. The van der Waals surface area contributed by atoms with E-state index in [0.717, 1.165) is 17.1 Å². The first kappa shape index (κ1) is 36.1. The molecule has 46 heavy (non-hydrogen) atoms. The predicted molar refractivity (Wildman–Crippen MR) is 157 cm³/mol. The Morgan fingerprint density at radius 3 is 2.26 bits per heavy atom. The van der Waals surface area contributed by atoms with Crippen LogP contribution in [-0.4, -0.2) is 105 Å². The van der Waals surface area contributed by atoms with E-state index in [1.165, 1.54) is 18.2 Å². The minimum Gasteiger partial charge on any atom is -0.479 e. The Balaban J connectivity index is 1.64. The fourth-order valence-electron chi connectivity index (χ4n) is 4.37. The third kappa shape index (κ3) is 9.56. The number of esters is 1. The van der Waals surface area contributed by atoms with Crippen LogP contribution in [0.3, 0.4) is 0 Å². The van der Waals surface area contributed by atoms with Crippen LogP contribution in [0.2, 0.25) is 0 Å². The van der Waals surface area contributed by atoms with E-state index in [1.807, 2.05) is 13.8 Å². The van der Waals surface area contributed by atoms with Crippen LogP contribution in [0.25, 0.3) is 0 Å². The number of nitrogens with zero attached hydrogens (tertiary/aromatic N) is 1. The third-order valence-corrected chi connectivity index (χ3v) is 7.49. The van der Waals surface area contributed by atoms with Crippen molar-refractivity contribution in [2.24, 2.45) is 11.8 Å². The predicted octanol–water partition coefficient (Wildman–Crippen LogP) is -0.557. The maximum absolute atomic E-state index is 12.8. The zero-order valence-electron chi connectivity index (χ0n) is 25.6. The Kier molecular flexibility index (Phi) is 12.8. The lowest BCUT2D eigenvalue weighted by Gasteiger charge is -2.38. The molecule has 0 radical (unpaired) electrons. The summed E-state index contributed by atoms with van der Waals surface area (Å²) in [5, 5.41) is 45.0. The number of aliphatic hydroxyl groups is 3. The van der Waals surface area contributed by atoms with Gasteiger partial charge in [0.1, 0.15) is 30.7 Å². The molecule has 1 fully saturated rings. The number of anilines is 1. The Labute approximate surface area is 264 Å². The number of carbonyl (C=O) groups is 6. The van der Waals surface area contributed by atoms with Crippen molar-refractivity contribution in [2.75, 3.05) is 18.4 Å². The molecule has 4 amide bonds. The van der Waals surface area contributed by atoms with E-state index < -0.39 is 66.3 Å². The Hall–Kier alpha value is -4.38. The van der Waals surface area contributed by atoms with Gasteiger partial charge in [-0.15, -0.1) is 0 Å². The van der Waals surface area contributed by atoms with Crippen LogP contribution in [0.4, 0.5) is 5.69 Å². The number of carboxylic acid groups (broad SMARTS) is 1. The number of nitrogens with one attached hydrogen (secondary N) is 2. The molecule has 16 heteroatoms. The van der Waals surface area contributed by atoms with E-state index in [9.17, 15) is 49.2 Å². The van der Waals surface area contributed by atoms with Crippen LogP contribution in [0.5, 0.6) is 5.75 Å². The van der Waals surface area contributed by atoms with Gasteiger partial charge in [-0.2, -0.15) is 0 Å². The normalized spacial score (nSPS) is 23.3. The van der Waals surface area contributed by atoms with E-state index in [-0.39, 0.29) is 62.2 Å². The quantitative estimate of drug-likeness (QED) is 0.103. The molecule has 1 aromatic carbocycles. The van der Waals surface area contributed by atoms with Gasteiger partial charge in [-0.25, -0.2) is 4.79 Å². The van der Waals surface area contributed by atoms with Gasteiger partial charge < -0.3 is 45.3 Å². The molecule has 1 aromatic rings. The third-order valence-electron chi connectivity index (χ3n) is 7.49. The lowest BCUT2D eigenvalue weighted by atomic mass is 9.98. The summed E-state index contributed by atoms with van der Waals surface area (Å²) >= 11 is 0. The van der Waals surface area contributed by atoms with Gasteiger partial charge in [0.15, 0.2) is 6.10 Å². The zero-order chi connectivity index (χ0) is 34.1. The molecule has 2 heterocycles. The second-order valence-electron chi connectivity index (χ2n) is 11.2. The summed E-state index contributed by atoms with van der Waals surface area (Å²) in [4.78, 5) is 73.0. The molecule has 3 rings (SSSR count). The number of imide groups is 1. The molecule has 0 aromatic heterocycles. The van der Waals surface area contributed by atoms with E-state index in [2.05, 4.69) is 10.6 Å². The summed E-state index contributed by atoms with van der Waals surface area (Å²) in [6, 6.07) is 4.26. The van der Waals surface area contributed by atoms with Gasteiger partial charge >= 0.3 is 11.9 Å². The van der Waals surface area contributed by atoms with Gasteiger partial charge in [0.05, 0.1) is 11.6 Å². The van der Waals surface area contributed by atoms with Crippen LogP contribution in [0.15, 0.2) is 30.4 Å². The lowest BCUT2D eigenvalue weighted by Crippen LogP contribution is -2.61. The van der Waals surface area contributed by atoms with E-state index in [1.54, 1.807) is 6.92 Å².